The average Bonchev–Trinajstić information content (AvgIpc) is 2.64. The molecule has 1 atom stereocenters. The molecule has 0 heterocycles. The molecule has 0 aliphatic carbocycles. The van der Waals surface area contributed by atoms with E-state index in [0.717, 1.165) is 17.7 Å². The van der Waals surface area contributed by atoms with Gasteiger partial charge >= 0.3 is 5.97 Å². The number of nitrogens with zero attached hydrogens (tertiary/aromatic N) is 1. The second-order valence-electron chi connectivity index (χ2n) is 5.58. The minimum atomic E-state index is -1.04. The van der Waals surface area contributed by atoms with Crippen molar-refractivity contribution in [2.24, 2.45) is 0 Å². The highest BCUT2D eigenvalue weighted by molar-refractivity contribution is 5.85. The van der Waals surface area contributed by atoms with Gasteiger partial charge in [-0.3, -0.25) is 4.79 Å². The molecule has 0 saturated carbocycles. The van der Waals surface area contributed by atoms with Gasteiger partial charge in [0.1, 0.15) is 6.04 Å². The summed E-state index contributed by atoms with van der Waals surface area (Å²) in [4.78, 5) is 24.1. The molecular formula is C19H16F2N2O3. The topological polar surface area (TPSA) is 79.2 Å². The molecule has 0 aromatic heterocycles. The lowest BCUT2D eigenvalue weighted by molar-refractivity contribution is -0.145. The van der Waals surface area contributed by atoms with Crippen LogP contribution in [0.25, 0.3) is 0 Å². The first-order valence-corrected chi connectivity index (χ1v) is 7.73. The first kappa shape index (κ1) is 19.1. The summed E-state index contributed by atoms with van der Waals surface area (Å²) in [5.41, 5.74) is 1.49. The summed E-state index contributed by atoms with van der Waals surface area (Å²) in [6, 6.07) is 10.8. The van der Waals surface area contributed by atoms with Gasteiger partial charge in [-0.1, -0.05) is 18.2 Å². The zero-order chi connectivity index (χ0) is 19.1. The third-order valence-corrected chi connectivity index (χ3v) is 3.69. The van der Waals surface area contributed by atoms with Gasteiger partial charge in [0.25, 0.3) is 0 Å². The van der Waals surface area contributed by atoms with Crippen molar-refractivity contribution >= 4 is 11.9 Å². The van der Waals surface area contributed by atoms with Crippen LogP contribution in [0.5, 0.6) is 0 Å². The van der Waals surface area contributed by atoms with Crippen molar-refractivity contribution in [3.63, 3.8) is 0 Å². The monoisotopic (exact) mass is 358 g/mol. The van der Waals surface area contributed by atoms with Crippen molar-refractivity contribution in [3.8, 4) is 6.07 Å². The number of amides is 1. The molecule has 0 unspecified atom stereocenters. The number of rotatable bonds is 6. The molecule has 26 heavy (non-hydrogen) atoms. The van der Waals surface area contributed by atoms with Crippen LogP contribution in [0.3, 0.4) is 0 Å². The van der Waals surface area contributed by atoms with Gasteiger partial charge in [-0.15, -0.1) is 0 Å². The van der Waals surface area contributed by atoms with E-state index in [2.05, 4.69) is 5.32 Å². The van der Waals surface area contributed by atoms with Gasteiger partial charge in [0, 0.05) is 6.42 Å². The normalized spacial score (nSPS) is 11.3. The van der Waals surface area contributed by atoms with Crippen molar-refractivity contribution in [3.05, 3.63) is 70.8 Å². The van der Waals surface area contributed by atoms with E-state index in [1.165, 1.54) is 13.2 Å². The van der Waals surface area contributed by atoms with Gasteiger partial charge in [-0.25, -0.2) is 13.6 Å². The molecule has 1 N–H and O–H groups in total. The summed E-state index contributed by atoms with van der Waals surface area (Å²) >= 11 is 0. The van der Waals surface area contributed by atoms with E-state index in [4.69, 9.17) is 10.00 Å². The Morgan fingerprint density at radius 1 is 1.12 bits per heavy atom. The van der Waals surface area contributed by atoms with E-state index in [0.29, 0.717) is 5.56 Å². The van der Waals surface area contributed by atoms with Crippen LogP contribution >= 0.6 is 0 Å². The Kier molecular flexibility index (Phi) is 6.39. The van der Waals surface area contributed by atoms with Crippen molar-refractivity contribution < 1.29 is 23.1 Å². The molecule has 1 amide bonds. The minimum Gasteiger partial charge on any atom is -0.467 e. The highest BCUT2D eigenvalue weighted by Crippen LogP contribution is 2.11. The number of methoxy groups -OCH3 is 1. The molecule has 2 aromatic carbocycles. The Hall–Kier alpha value is -3.27. The number of hydrogen-bond donors (Lipinski definition) is 1. The molecule has 0 saturated heterocycles. The molecule has 0 aliphatic heterocycles. The van der Waals surface area contributed by atoms with E-state index in [9.17, 15) is 18.4 Å². The van der Waals surface area contributed by atoms with Gasteiger partial charge in [-0.05, 0) is 35.4 Å². The number of benzene rings is 2. The molecule has 0 aliphatic rings. The first-order chi connectivity index (χ1) is 12.4. The summed E-state index contributed by atoms with van der Waals surface area (Å²) in [6.07, 6.45) is -0.0417. The van der Waals surface area contributed by atoms with Gasteiger partial charge in [0.05, 0.1) is 25.2 Å². The van der Waals surface area contributed by atoms with Crippen LogP contribution in [0.1, 0.15) is 16.7 Å². The number of halogens is 2. The number of hydrogen-bond acceptors (Lipinski definition) is 4. The van der Waals surface area contributed by atoms with Crippen molar-refractivity contribution in [2.75, 3.05) is 7.11 Å². The molecular weight excluding hydrogens is 342 g/mol. The maximum Gasteiger partial charge on any atom is 0.328 e. The maximum absolute atomic E-state index is 13.2. The molecule has 0 spiro atoms. The van der Waals surface area contributed by atoms with Crippen LogP contribution in [-0.4, -0.2) is 25.0 Å². The van der Waals surface area contributed by atoms with Gasteiger partial charge in [0.2, 0.25) is 5.91 Å². The fraction of sp³-hybridized carbons (Fsp3) is 0.211. The first-order valence-electron chi connectivity index (χ1n) is 7.73. The van der Waals surface area contributed by atoms with Crippen molar-refractivity contribution in [1.29, 1.82) is 5.26 Å². The molecule has 5 nitrogen and oxygen atoms in total. The summed E-state index contributed by atoms with van der Waals surface area (Å²) in [7, 11) is 1.20. The highest BCUT2D eigenvalue weighted by Gasteiger charge is 2.22. The molecule has 0 fully saturated rings. The standard InChI is InChI=1S/C19H16F2N2O3/c1-26-19(25)17(9-12-2-4-13(11-22)5-3-12)23-18(24)10-14-6-7-15(20)16(21)8-14/h2-8,17H,9-10H2,1H3,(H,23,24)/t17-/m1/s1. The zero-order valence-electron chi connectivity index (χ0n) is 14.0. The third-order valence-electron chi connectivity index (χ3n) is 3.69. The molecule has 0 radical (unpaired) electrons. The Morgan fingerprint density at radius 2 is 1.77 bits per heavy atom. The fourth-order valence-corrected chi connectivity index (χ4v) is 2.37. The number of carbonyl (C=O) groups excluding carboxylic acids is 2. The Balaban J connectivity index is 2.06. The van der Waals surface area contributed by atoms with Crippen molar-refractivity contribution in [1.82, 2.24) is 5.32 Å². The third kappa shape index (κ3) is 5.11. The summed E-state index contributed by atoms with van der Waals surface area (Å²) < 4.78 is 30.9. The van der Waals surface area contributed by atoms with Gasteiger partial charge < -0.3 is 10.1 Å². The number of nitrogens with one attached hydrogen (secondary N) is 1. The van der Waals surface area contributed by atoms with E-state index in [-0.39, 0.29) is 18.4 Å². The lowest BCUT2D eigenvalue weighted by atomic mass is 10.0. The molecule has 7 heteroatoms. The smallest absolute Gasteiger partial charge is 0.328 e. The van der Waals surface area contributed by atoms with Crippen LogP contribution < -0.4 is 5.32 Å². The predicted octanol–water partition coefficient (Wildman–Crippen LogP) is 2.28. The molecule has 0 bridgehead atoms. The fourth-order valence-electron chi connectivity index (χ4n) is 2.37. The SMILES string of the molecule is COC(=O)[C@@H](Cc1ccc(C#N)cc1)NC(=O)Cc1ccc(F)c(F)c1. The van der Waals surface area contributed by atoms with Gasteiger partial charge in [-0.2, -0.15) is 5.26 Å². The molecule has 134 valence electrons. The highest BCUT2D eigenvalue weighted by atomic mass is 19.2. The van der Waals surface area contributed by atoms with Crippen molar-refractivity contribution in [2.45, 2.75) is 18.9 Å². The Labute approximate surface area is 149 Å². The zero-order valence-corrected chi connectivity index (χ0v) is 14.0. The predicted molar refractivity (Wildman–Crippen MR) is 88.9 cm³/mol. The van der Waals surface area contributed by atoms with Crippen LogP contribution in [0.15, 0.2) is 42.5 Å². The second-order valence-corrected chi connectivity index (χ2v) is 5.58. The number of ether oxygens (including phenoxy) is 1. The molecule has 2 rings (SSSR count). The second kappa shape index (κ2) is 8.72. The van der Waals surface area contributed by atoms with Crippen LogP contribution in [-0.2, 0) is 27.2 Å². The summed E-state index contributed by atoms with van der Waals surface area (Å²) in [5, 5.41) is 11.3. The van der Waals surface area contributed by atoms with Gasteiger partial charge in [0.15, 0.2) is 11.6 Å². The Morgan fingerprint density at radius 3 is 2.35 bits per heavy atom. The largest absolute Gasteiger partial charge is 0.467 e. The number of esters is 1. The number of nitriles is 1. The Bertz CT molecular complexity index is 845. The maximum atomic E-state index is 13.2. The average molecular weight is 358 g/mol. The number of carbonyl (C=O) groups is 2. The van der Waals surface area contributed by atoms with Crippen LogP contribution in [0.2, 0.25) is 0 Å². The van der Waals surface area contributed by atoms with Crippen LogP contribution in [0, 0.1) is 23.0 Å². The molecule has 2 aromatic rings. The lowest BCUT2D eigenvalue weighted by Crippen LogP contribution is -2.43. The van der Waals surface area contributed by atoms with Crippen LogP contribution in [0.4, 0.5) is 8.78 Å². The quantitative estimate of drug-likeness (QED) is 0.804. The summed E-state index contributed by atoms with van der Waals surface area (Å²) in [6.45, 7) is 0. The lowest BCUT2D eigenvalue weighted by Gasteiger charge is -2.17. The van der Waals surface area contributed by atoms with E-state index in [1.807, 2.05) is 6.07 Å². The van der Waals surface area contributed by atoms with E-state index in [1.54, 1.807) is 24.3 Å². The minimum absolute atomic E-state index is 0.169. The van der Waals surface area contributed by atoms with E-state index >= 15 is 0 Å². The van der Waals surface area contributed by atoms with E-state index < -0.39 is 29.6 Å². The summed E-state index contributed by atoms with van der Waals surface area (Å²) in [5.74, 6) is -3.20.